The molecule has 0 aromatic carbocycles. The molecule has 0 spiro atoms. The minimum Gasteiger partial charge on any atom is -0.394 e. The summed E-state index contributed by atoms with van der Waals surface area (Å²) >= 11 is 0. The summed E-state index contributed by atoms with van der Waals surface area (Å²) < 4.78 is 0. The van der Waals surface area contributed by atoms with E-state index < -0.39 is 0 Å². The maximum absolute atomic E-state index is 8.94. The summed E-state index contributed by atoms with van der Waals surface area (Å²) in [6, 6.07) is 0. The van der Waals surface area contributed by atoms with Crippen molar-refractivity contribution in [1.82, 2.24) is 10.6 Å². The molecule has 4 heteroatoms. The molecule has 0 saturated carbocycles. The van der Waals surface area contributed by atoms with Crippen LogP contribution in [0.25, 0.3) is 0 Å². The fourth-order valence-electron chi connectivity index (χ4n) is 0.635. The van der Waals surface area contributed by atoms with Gasteiger partial charge in [-0.05, 0) is 27.7 Å². The van der Waals surface area contributed by atoms with Gasteiger partial charge < -0.3 is 10.2 Å². The quantitative estimate of drug-likeness (QED) is 0.433. The van der Waals surface area contributed by atoms with Crippen LogP contribution in [-0.2, 0) is 0 Å². The topological polar surface area (TPSA) is 64.5 Å². The first-order valence-electron chi connectivity index (χ1n) is 4.55. The first kappa shape index (κ1) is 12.8. The SMILES string of the molecule is CC(C)(CO)NCNC(C)(C)CO. The third kappa shape index (κ3) is 5.99. The third-order valence-electron chi connectivity index (χ3n) is 1.92. The highest BCUT2D eigenvalue weighted by atomic mass is 16.3. The van der Waals surface area contributed by atoms with E-state index in [9.17, 15) is 0 Å². The van der Waals surface area contributed by atoms with E-state index in [0.717, 1.165) is 0 Å². The Balaban J connectivity index is 3.68. The van der Waals surface area contributed by atoms with Gasteiger partial charge in [-0.3, -0.25) is 10.6 Å². The van der Waals surface area contributed by atoms with Crippen LogP contribution < -0.4 is 10.6 Å². The van der Waals surface area contributed by atoms with Crippen molar-refractivity contribution in [2.24, 2.45) is 0 Å². The lowest BCUT2D eigenvalue weighted by Crippen LogP contribution is -2.53. The molecule has 0 aliphatic heterocycles. The Kier molecular flexibility index (Phi) is 4.85. The van der Waals surface area contributed by atoms with Crippen LogP contribution in [0.4, 0.5) is 0 Å². The van der Waals surface area contributed by atoms with Crippen molar-refractivity contribution in [3.05, 3.63) is 0 Å². The van der Waals surface area contributed by atoms with Gasteiger partial charge in [0.15, 0.2) is 0 Å². The molecule has 4 N–H and O–H groups in total. The number of nitrogens with one attached hydrogen (secondary N) is 2. The molecule has 4 nitrogen and oxygen atoms in total. The number of rotatable bonds is 6. The van der Waals surface area contributed by atoms with E-state index >= 15 is 0 Å². The van der Waals surface area contributed by atoms with Crippen LogP contribution in [0.1, 0.15) is 27.7 Å². The van der Waals surface area contributed by atoms with Crippen molar-refractivity contribution in [3.8, 4) is 0 Å². The van der Waals surface area contributed by atoms with Crippen molar-refractivity contribution in [2.45, 2.75) is 38.8 Å². The van der Waals surface area contributed by atoms with Gasteiger partial charge in [-0.2, -0.15) is 0 Å². The summed E-state index contributed by atoms with van der Waals surface area (Å²) in [7, 11) is 0. The molecule has 0 saturated heterocycles. The first-order chi connectivity index (χ1) is 5.83. The number of aliphatic hydroxyl groups is 2. The van der Waals surface area contributed by atoms with Gasteiger partial charge in [-0.1, -0.05) is 0 Å². The summed E-state index contributed by atoms with van der Waals surface area (Å²) in [6.45, 7) is 8.42. The molecule has 0 amide bonds. The lowest BCUT2D eigenvalue weighted by atomic mass is 10.1. The van der Waals surface area contributed by atoms with E-state index in [1.54, 1.807) is 0 Å². The van der Waals surface area contributed by atoms with Crippen LogP contribution in [0.15, 0.2) is 0 Å². The fraction of sp³-hybridized carbons (Fsp3) is 1.00. The van der Waals surface area contributed by atoms with E-state index in [2.05, 4.69) is 10.6 Å². The second-order valence-electron chi connectivity index (χ2n) is 4.61. The van der Waals surface area contributed by atoms with Gasteiger partial charge in [0.05, 0.1) is 13.2 Å². The van der Waals surface area contributed by atoms with Gasteiger partial charge in [-0.25, -0.2) is 0 Å². The number of hydrogen-bond acceptors (Lipinski definition) is 4. The smallest absolute Gasteiger partial charge is 0.0608 e. The van der Waals surface area contributed by atoms with Crippen LogP contribution in [0.5, 0.6) is 0 Å². The molecular weight excluding hydrogens is 168 g/mol. The van der Waals surface area contributed by atoms with Crippen LogP contribution in [-0.4, -0.2) is 41.2 Å². The van der Waals surface area contributed by atoms with Crippen molar-refractivity contribution >= 4 is 0 Å². The largest absolute Gasteiger partial charge is 0.394 e. The van der Waals surface area contributed by atoms with E-state index in [4.69, 9.17) is 10.2 Å². The van der Waals surface area contributed by atoms with E-state index in [1.807, 2.05) is 27.7 Å². The summed E-state index contributed by atoms with van der Waals surface area (Å²) in [5.41, 5.74) is -0.558. The Morgan fingerprint density at radius 3 is 1.38 bits per heavy atom. The fourth-order valence-corrected chi connectivity index (χ4v) is 0.635. The Labute approximate surface area is 80.3 Å². The standard InChI is InChI=1S/C9H22N2O2/c1-8(2,5-12)10-7-11-9(3,4)6-13/h10-13H,5-7H2,1-4H3. The second-order valence-corrected chi connectivity index (χ2v) is 4.61. The highest BCUT2D eigenvalue weighted by Gasteiger charge is 2.18. The zero-order valence-electron chi connectivity index (χ0n) is 9.02. The molecule has 0 aliphatic carbocycles. The summed E-state index contributed by atoms with van der Waals surface area (Å²) in [5, 5.41) is 24.1. The van der Waals surface area contributed by atoms with Gasteiger partial charge in [0.2, 0.25) is 0 Å². The van der Waals surface area contributed by atoms with Gasteiger partial charge in [-0.15, -0.1) is 0 Å². The molecule has 0 fully saturated rings. The molecule has 0 bridgehead atoms. The monoisotopic (exact) mass is 190 g/mol. The van der Waals surface area contributed by atoms with Gasteiger partial charge in [0.25, 0.3) is 0 Å². The second kappa shape index (κ2) is 4.91. The van der Waals surface area contributed by atoms with Crippen LogP contribution >= 0.6 is 0 Å². The van der Waals surface area contributed by atoms with Crippen molar-refractivity contribution in [2.75, 3.05) is 19.9 Å². The predicted molar refractivity (Wildman–Crippen MR) is 53.5 cm³/mol. The van der Waals surface area contributed by atoms with Crippen molar-refractivity contribution in [1.29, 1.82) is 0 Å². The third-order valence-corrected chi connectivity index (χ3v) is 1.92. The maximum Gasteiger partial charge on any atom is 0.0608 e. The Morgan fingerprint density at radius 1 is 0.846 bits per heavy atom. The van der Waals surface area contributed by atoms with E-state index in [0.29, 0.717) is 6.67 Å². The van der Waals surface area contributed by atoms with Crippen LogP contribution in [0, 0.1) is 0 Å². The molecule has 0 atom stereocenters. The minimum absolute atomic E-state index is 0.0915. The Morgan fingerprint density at radius 2 is 1.15 bits per heavy atom. The molecular formula is C9H22N2O2. The van der Waals surface area contributed by atoms with Crippen molar-refractivity contribution < 1.29 is 10.2 Å². The van der Waals surface area contributed by atoms with Crippen LogP contribution in [0.2, 0.25) is 0 Å². The predicted octanol–water partition coefficient (Wildman–Crippen LogP) is -0.335. The normalized spacial score (nSPS) is 13.4. The lowest BCUT2D eigenvalue weighted by Gasteiger charge is -2.29. The minimum atomic E-state index is -0.279. The van der Waals surface area contributed by atoms with Gasteiger partial charge >= 0.3 is 0 Å². The number of aliphatic hydroxyl groups excluding tert-OH is 2. The highest BCUT2D eigenvalue weighted by Crippen LogP contribution is 2.01. The van der Waals surface area contributed by atoms with E-state index in [1.165, 1.54) is 0 Å². The molecule has 0 aromatic heterocycles. The Hall–Kier alpha value is -0.160. The summed E-state index contributed by atoms with van der Waals surface area (Å²) in [4.78, 5) is 0. The molecule has 13 heavy (non-hydrogen) atoms. The maximum atomic E-state index is 8.94. The van der Waals surface area contributed by atoms with E-state index in [-0.39, 0.29) is 24.3 Å². The molecule has 80 valence electrons. The highest BCUT2D eigenvalue weighted by molar-refractivity contribution is 4.79. The zero-order valence-corrected chi connectivity index (χ0v) is 9.02. The van der Waals surface area contributed by atoms with Gasteiger partial charge in [0.1, 0.15) is 0 Å². The first-order valence-corrected chi connectivity index (χ1v) is 4.55. The molecule has 0 aromatic rings. The summed E-state index contributed by atoms with van der Waals surface area (Å²) in [6.07, 6.45) is 0. The van der Waals surface area contributed by atoms with Crippen LogP contribution in [0.3, 0.4) is 0 Å². The molecule has 0 radical (unpaired) electrons. The average Bonchev–Trinajstić information content (AvgIpc) is 2.04. The summed E-state index contributed by atoms with van der Waals surface area (Å²) in [5.74, 6) is 0. The molecule has 0 rings (SSSR count). The molecule has 0 aliphatic rings. The lowest BCUT2D eigenvalue weighted by molar-refractivity contribution is 0.159. The zero-order chi connectivity index (χ0) is 10.5. The van der Waals surface area contributed by atoms with Crippen molar-refractivity contribution in [3.63, 3.8) is 0 Å². The average molecular weight is 190 g/mol. The Bertz CT molecular complexity index is 131. The molecule has 0 heterocycles. The molecule has 0 unspecified atom stereocenters. The van der Waals surface area contributed by atoms with Gasteiger partial charge in [0, 0.05) is 17.7 Å². The number of hydrogen-bond donors (Lipinski definition) is 4.